The molecule has 0 unspecified atom stereocenters. The largest absolute Gasteiger partial charge is 0.444 e. The van der Waals surface area contributed by atoms with Crippen LogP contribution in [0, 0.1) is 17.1 Å². The molecule has 0 radical (unpaired) electrons. The van der Waals surface area contributed by atoms with E-state index in [-0.39, 0.29) is 12.1 Å². The fourth-order valence-electron chi connectivity index (χ4n) is 1.97. The molecule has 0 atom stereocenters. The Labute approximate surface area is 111 Å². The third kappa shape index (κ3) is 2.68. The minimum Gasteiger partial charge on any atom is -0.444 e. The van der Waals surface area contributed by atoms with Crippen LogP contribution in [0.2, 0.25) is 0 Å². The standard InChI is InChI=1S/C14H15FN2O2/c1-14(2,3)19-13(18)17-7-10-5-4-9(6-16)12(15)11(10)8-17/h4-5H,7-8H2,1-3H3. The summed E-state index contributed by atoms with van der Waals surface area (Å²) in [4.78, 5) is 13.3. The molecule has 1 aliphatic heterocycles. The molecule has 19 heavy (non-hydrogen) atoms. The summed E-state index contributed by atoms with van der Waals surface area (Å²) in [6.07, 6.45) is -0.471. The van der Waals surface area contributed by atoms with Crippen molar-refractivity contribution < 1.29 is 13.9 Å². The summed E-state index contributed by atoms with van der Waals surface area (Å²) in [7, 11) is 0. The van der Waals surface area contributed by atoms with Crippen molar-refractivity contribution in [2.24, 2.45) is 0 Å². The van der Waals surface area contributed by atoms with E-state index in [2.05, 4.69) is 0 Å². The monoisotopic (exact) mass is 262 g/mol. The molecule has 0 bridgehead atoms. The lowest BCUT2D eigenvalue weighted by Gasteiger charge is -2.24. The Morgan fingerprint density at radius 2 is 2.11 bits per heavy atom. The van der Waals surface area contributed by atoms with E-state index < -0.39 is 17.5 Å². The molecule has 0 saturated carbocycles. The minimum atomic E-state index is -0.581. The molecule has 100 valence electrons. The molecular weight excluding hydrogens is 247 g/mol. The van der Waals surface area contributed by atoms with Crippen LogP contribution in [0.15, 0.2) is 12.1 Å². The zero-order valence-electron chi connectivity index (χ0n) is 11.2. The van der Waals surface area contributed by atoms with Gasteiger partial charge in [-0.25, -0.2) is 9.18 Å². The van der Waals surface area contributed by atoms with Crippen molar-refractivity contribution in [2.75, 3.05) is 0 Å². The van der Waals surface area contributed by atoms with Gasteiger partial charge in [0.25, 0.3) is 0 Å². The zero-order chi connectivity index (χ0) is 14.2. The molecule has 0 fully saturated rings. The number of halogens is 1. The molecule has 1 heterocycles. The van der Waals surface area contributed by atoms with Crippen LogP contribution in [0.3, 0.4) is 0 Å². The SMILES string of the molecule is CC(C)(C)OC(=O)N1Cc2ccc(C#N)c(F)c2C1. The Morgan fingerprint density at radius 3 is 2.68 bits per heavy atom. The lowest BCUT2D eigenvalue weighted by Crippen LogP contribution is -2.33. The van der Waals surface area contributed by atoms with Crippen LogP contribution in [0.25, 0.3) is 0 Å². The normalized spacial score (nSPS) is 13.9. The van der Waals surface area contributed by atoms with E-state index in [0.29, 0.717) is 12.1 Å². The van der Waals surface area contributed by atoms with Crippen molar-refractivity contribution >= 4 is 6.09 Å². The highest BCUT2D eigenvalue weighted by atomic mass is 19.1. The maximum absolute atomic E-state index is 13.9. The fourth-order valence-corrected chi connectivity index (χ4v) is 1.97. The van der Waals surface area contributed by atoms with Gasteiger partial charge in [0, 0.05) is 12.1 Å². The lowest BCUT2D eigenvalue weighted by molar-refractivity contribution is 0.0241. The number of benzene rings is 1. The predicted molar refractivity (Wildman–Crippen MR) is 66.6 cm³/mol. The van der Waals surface area contributed by atoms with Crippen molar-refractivity contribution in [3.63, 3.8) is 0 Å². The van der Waals surface area contributed by atoms with Crippen LogP contribution in [0.4, 0.5) is 9.18 Å². The summed E-state index contributed by atoms with van der Waals surface area (Å²) in [6, 6.07) is 4.92. The molecule has 1 amide bonds. The maximum atomic E-state index is 13.9. The van der Waals surface area contributed by atoms with Gasteiger partial charge in [0.15, 0.2) is 0 Å². The Kier molecular flexibility index (Phi) is 3.19. The molecule has 0 spiro atoms. The second-order valence-electron chi connectivity index (χ2n) is 5.51. The topological polar surface area (TPSA) is 53.3 Å². The predicted octanol–water partition coefficient (Wildman–Crippen LogP) is 2.95. The van der Waals surface area contributed by atoms with Crippen LogP contribution < -0.4 is 0 Å². The molecule has 0 saturated heterocycles. The smallest absolute Gasteiger partial charge is 0.410 e. The highest BCUT2D eigenvalue weighted by Gasteiger charge is 2.30. The molecule has 0 N–H and O–H groups in total. The Balaban J connectivity index is 2.19. The van der Waals surface area contributed by atoms with Gasteiger partial charge in [0.05, 0.1) is 12.1 Å². The van der Waals surface area contributed by atoms with Gasteiger partial charge in [-0.05, 0) is 32.4 Å². The highest BCUT2D eigenvalue weighted by molar-refractivity contribution is 5.69. The number of rotatable bonds is 0. The van der Waals surface area contributed by atoms with E-state index in [9.17, 15) is 9.18 Å². The van der Waals surface area contributed by atoms with Crippen molar-refractivity contribution in [3.8, 4) is 6.07 Å². The summed E-state index contributed by atoms with van der Waals surface area (Å²) in [5.41, 5.74) is 0.555. The van der Waals surface area contributed by atoms with Crippen LogP contribution in [0.1, 0.15) is 37.5 Å². The molecule has 1 aromatic carbocycles. The number of nitrogens with zero attached hydrogens (tertiary/aromatic N) is 2. The van der Waals surface area contributed by atoms with Gasteiger partial charge in [-0.15, -0.1) is 0 Å². The van der Waals surface area contributed by atoms with E-state index in [1.807, 2.05) is 0 Å². The number of hydrogen-bond donors (Lipinski definition) is 0. The number of amides is 1. The minimum absolute atomic E-state index is 0.00443. The zero-order valence-corrected chi connectivity index (χ0v) is 11.2. The van der Waals surface area contributed by atoms with Crippen LogP contribution in [-0.4, -0.2) is 16.6 Å². The summed E-state index contributed by atoms with van der Waals surface area (Å²) in [5, 5.41) is 8.78. The van der Waals surface area contributed by atoms with Crippen LogP contribution in [-0.2, 0) is 17.8 Å². The lowest BCUT2D eigenvalue weighted by atomic mass is 10.1. The van der Waals surface area contributed by atoms with Gasteiger partial charge in [-0.1, -0.05) is 6.07 Å². The second kappa shape index (κ2) is 4.54. The molecule has 1 aromatic rings. The fraction of sp³-hybridized carbons (Fsp3) is 0.429. The number of ether oxygens (including phenoxy) is 1. The number of carbonyl (C=O) groups is 1. The summed E-state index contributed by atoms with van der Waals surface area (Å²) < 4.78 is 19.2. The van der Waals surface area contributed by atoms with Gasteiger partial charge in [-0.2, -0.15) is 5.26 Å². The van der Waals surface area contributed by atoms with Crippen LogP contribution >= 0.6 is 0 Å². The van der Waals surface area contributed by atoms with Gasteiger partial charge in [-0.3, -0.25) is 4.90 Å². The molecule has 4 nitrogen and oxygen atoms in total. The van der Waals surface area contributed by atoms with Crippen molar-refractivity contribution in [2.45, 2.75) is 39.5 Å². The highest BCUT2D eigenvalue weighted by Crippen LogP contribution is 2.28. The number of hydrogen-bond acceptors (Lipinski definition) is 3. The quantitative estimate of drug-likeness (QED) is 0.722. The van der Waals surface area contributed by atoms with E-state index >= 15 is 0 Å². The number of nitriles is 1. The maximum Gasteiger partial charge on any atom is 0.410 e. The number of fused-ring (bicyclic) bond motifs is 1. The summed E-state index contributed by atoms with van der Waals surface area (Å²) >= 11 is 0. The van der Waals surface area contributed by atoms with Gasteiger partial charge in [0.2, 0.25) is 0 Å². The van der Waals surface area contributed by atoms with Crippen molar-refractivity contribution in [3.05, 3.63) is 34.6 Å². The molecule has 1 aliphatic rings. The third-order valence-corrected chi connectivity index (χ3v) is 2.82. The third-order valence-electron chi connectivity index (χ3n) is 2.82. The van der Waals surface area contributed by atoms with Gasteiger partial charge in [0.1, 0.15) is 17.5 Å². The molecular formula is C14H15FN2O2. The van der Waals surface area contributed by atoms with E-state index in [0.717, 1.165) is 5.56 Å². The molecule has 2 rings (SSSR count). The molecule has 5 heteroatoms. The average Bonchev–Trinajstić information content (AvgIpc) is 2.72. The first-order valence-electron chi connectivity index (χ1n) is 6.00. The summed E-state index contributed by atoms with van der Waals surface area (Å²) in [5.74, 6) is -0.536. The van der Waals surface area contributed by atoms with Crippen molar-refractivity contribution in [1.29, 1.82) is 5.26 Å². The van der Waals surface area contributed by atoms with Crippen molar-refractivity contribution in [1.82, 2.24) is 4.90 Å². The Hall–Kier alpha value is -2.09. The number of carbonyl (C=O) groups excluding carboxylic acids is 1. The Morgan fingerprint density at radius 1 is 1.42 bits per heavy atom. The van der Waals surface area contributed by atoms with Gasteiger partial charge < -0.3 is 4.74 Å². The van der Waals surface area contributed by atoms with E-state index in [1.54, 1.807) is 32.9 Å². The first-order valence-corrected chi connectivity index (χ1v) is 6.00. The van der Waals surface area contributed by atoms with Gasteiger partial charge >= 0.3 is 6.09 Å². The van der Waals surface area contributed by atoms with E-state index in [1.165, 1.54) is 11.0 Å². The first-order chi connectivity index (χ1) is 8.81. The van der Waals surface area contributed by atoms with Crippen LogP contribution in [0.5, 0.6) is 0 Å². The van der Waals surface area contributed by atoms with E-state index in [4.69, 9.17) is 10.00 Å². The summed E-state index contributed by atoms with van der Waals surface area (Å²) in [6.45, 7) is 5.80. The second-order valence-corrected chi connectivity index (χ2v) is 5.51. The molecule has 0 aliphatic carbocycles. The Bertz CT molecular complexity index is 570. The first kappa shape index (κ1) is 13.3. The molecule has 0 aromatic heterocycles. The average molecular weight is 262 g/mol.